The molecule has 3 N–H and O–H groups in total. The Balaban J connectivity index is 1.93. The molecular weight excluding hydrogens is 341 g/mol. The van der Waals surface area contributed by atoms with Crippen LogP contribution in [-0.4, -0.2) is 11.3 Å². The number of thiocarbonyl (C=S) groups is 1. The summed E-state index contributed by atoms with van der Waals surface area (Å²) in [6.07, 6.45) is 1.61. The normalized spacial score (nSPS) is 10.6. The first-order chi connectivity index (χ1) is 10.5. The van der Waals surface area contributed by atoms with E-state index in [1.165, 1.54) is 0 Å². The summed E-state index contributed by atoms with van der Waals surface area (Å²) < 4.78 is 5.68. The zero-order chi connectivity index (χ0) is 15.9. The minimum absolute atomic E-state index is 0.121. The summed E-state index contributed by atoms with van der Waals surface area (Å²) in [5, 5.41) is 5.18. The number of nitrogens with one attached hydrogen (secondary N) is 1. The Bertz CT molecular complexity index is 690. The van der Waals surface area contributed by atoms with E-state index >= 15 is 0 Å². The summed E-state index contributed by atoms with van der Waals surface area (Å²) in [6, 6.07) is 12.7. The highest BCUT2D eigenvalue weighted by molar-refractivity contribution is 7.80. The van der Waals surface area contributed by atoms with Crippen LogP contribution < -0.4 is 15.9 Å². The molecule has 0 aromatic heterocycles. The second kappa shape index (κ2) is 7.98. The second-order valence-electron chi connectivity index (χ2n) is 4.33. The van der Waals surface area contributed by atoms with E-state index in [0.29, 0.717) is 16.7 Å². The molecule has 114 valence electrons. The Morgan fingerprint density at radius 2 is 1.95 bits per heavy atom. The van der Waals surface area contributed by atoms with Gasteiger partial charge in [-0.15, -0.1) is 0 Å². The van der Waals surface area contributed by atoms with Gasteiger partial charge in [-0.2, -0.15) is 5.10 Å². The summed E-state index contributed by atoms with van der Waals surface area (Å²) >= 11 is 16.6. The van der Waals surface area contributed by atoms with Crippen molar-refractivity contribution in [3.05, 3.63) is 63.6 Å². The van der Waals surface area contributed by atoms with Crippen molar-refractivity contribution in [2.24, 2.45) is 10.8 Å². The molecule has 0 fully saturated rings. The van der Waals surface area contributed by atoms with Crippen LogP contribution in [0.4, 0.5) is 0 Å². The Kier molecular flexibility index (Phi) is 6.00. The third-order valence-corrected chi connectivity index (χ3v) is 3.36. The van der Waals surface area contributed by atoms with Crippen LogP contribution in [-0.2, 0) is 6.61 Å². The number of hydrogen-bond donors (Lipinski definition) is 2. The van der Waals surface area contributed by atoms with Crippen molar-refractivity contribution >= 4 is 46.7 Å². The molecule has 0 aliphatic heterocycles. The van der Waals surface area contributed by atoms with Gasteiger partial charge in [0, 0.05) is 15.6 Å². The van der Waals surface area contributed by atoms with E-state index in [1.54, 1.807) is 18.3 Å². The monoisotopic (exact) mass is 353 g/mol. The van der Waals surface area contributed by atoms with E-state index in [4.69, 9.17) is 33.7 Å². The van der Waals surface area contributed by atoms with Crippen LogP contribution in [0.1, 0.15) is 11.1 Å². The average Bonchev–Trinajstić information content (AvgIpc) is 2.47. The molecule has 0 bridgehead atoms. The molecular formula is C15H13Cl2N3OS. The standard InChI is InChI=1S/C15H13Cl2N3OS/c16-12-4-3-11(14(17)7-12)9-21-13-5-1-10(2-6-13)8-19-20-15(18)22/h1-8H,9H2,(H3,18,20,22)/b19-8-. The van der Waals surface area contributed by atoms with Crippen LogP contribution >= 0.6 is 35.4 Å². The topological polar surface area (TPSA) is 59.6 Å². The lowest BCUT2D eigenvalue weighted by atomic mass is 10.2. The van der Waals surface area contributed by atoms with Crippen LogP contribution in [0.2, 0.25) is 10.0 Å². The molecule has 0 unspecified atom stereocenters. The summed E-state index contributed by atoms with van der Waals surface area (Å²) in [4.78, 5) is 0. The van der Waals surface area contributed by atoms with Gasteiger partial charge in [0.25, 0.3) is 0 Å². The van der Waals surface area contributed by atoms with Crippen molar-refractivity contribution < 1.29 is 4.74 Å². The van der Waals surface area contributed by atoms with Crippen molar-refractivity contribution in [1.82, 2.24) is 5.43 Å². The first-order valence-electron chi connectivity index (χ1n) is 6.30. The summed E-state index contributed by atoms with van der Waals surface area (Å²) in [6.45, 7) is 0.367. The molecule has 0 spiro atoms. The molecule has 2 rings (SSSR count). The fourth-order valence-electron chi connectivity index (χ4n) is 1.62. The van der Waals surface area contributed by atoms with Crippen molar-refractivity contribution in [2.45, 2.75) is 6.61 Å². The fourth-order valence-corrected chi connectivity index (χ4v) is 2.14. The van der Waals surface area contributed by atoms with Crippen LogP contribution in [0.25, 0.3) is 0 Å². The molecule has 0 saturated heterocycles. The van der Waals surface area contributed by atoms with Gasteiger partial charge in [0.05, 0.1) is 6.21 Å². The van der Waals surface area contributed by atoms with Crippen molar-refractivity contribution in [3.63, 3.8) is 0 Å². The molecule has 7 heteroatoms. The SMILES string of the molecule is NC(=S)N/N=C\c1ccc(OCc2ccc(Cl)cc2Cl)cc1. The van der Waals surface area contributed by atoms with Gasteiger partial charge >= 0.3 is 0 Å². The van der Waals surface area contributed by atoms with Gasteiger partial charge in [-0.05, 0) is 54.2 Å². The van der Waals surface area contributed by atoms with Crippen molar-refractivity contribution in [3.8, 4) is 5.75 Å². The summed E-state index contributed by atoms with van der Waals surface area (Å²) in [5.41, 5.74) is 9.51. The van der Waals surface area contributed by atoms with E-state index in [9.17, 15) is 0 Å². The molecule has 0 atom stereocenters. The van der Waals surface area contributed by atoms with Crippen LogP contribution in [0.15, 0.2) is 47.6 Å². The minimum atomic E-state index is 0.121. The number of nitrogens with zero attached hydrogens (tertiary/aromatic N) is 1. The molecule has 0 aliphatic rings. The highest BCUT2D eigenvalue weighted by atomic mass is 35.5. The lowest BCUT2D eigenvalue weighted by Gasteiger charge is -2.08. The predicted octanol–water partition coefficient (Wildman–Crippen LogP) is 3.74. The van der Waals surface area contributed by atoms with E-state index in [0.717, 1.165) is 16.9 Å². The fraction of sp³-hybridized carbons (Fsp3) is 0.0667. The van der Waals surface area contributed by atoms with Gasteiger partial charge in [0.1, 0.15) is 12.4 Å². The lowest BCUT2D eigenvalue weighted by molar-refractivity contribution is 0.306. The van der Waals surface area contributed by atoms with Gasteiger partial charge in [0.2, 0.25) is 0 Å². The largest absolute Gasteiger partial charge is 0.489 e. The predicted molar refractivity (Wildman–Crippen MR) is 94.8 cm³/mol. The van der Waals surface area contributed by atoms with Crippen molar-refractivity contribution in [2.75, 3.05) is 0 Å². The quantitative estimate of drug-likeness (QED) is 0.488. The molecule has 0 saturated carbocycles. The van der Waals surface area contributed by atoms with Crippen LogP contribution in [0.3, 0.4) is 0 Å². The molecule has 2 aromatic carbocycles. The first-order valence-corrected chi connectivity index (χ1v) is 7.46. The minimum Gasteiger partial charge on any atom is -0.489 e. The third kappa shape index (κ3) is 5.18. The summed E-state index contributed by atoms with van der Waals surface area (Å²) in [5.74, 6) is 0.727. The number of benzene rings is 2. The summed E-state index contributed by atoms with van der Waals surface area (Å²) in [7, 11) is 0. The zero-order valence-electron chi connectivity index (χ0n) is 11.4. The molecule has 4 nitrogen and oxygen atoms in total. The number of hydrogen-bond acceptors (Lipinski definition) is 3. The number of rotatable bonds is 5. The van der Waals surface area contributed by atoms with E-state index in [-0.39, 0.29) is 5.11 Å². The van der Waals surface area contributed by atoms with E-state index in [2.05, 4.69) is 22.7 Å². The van der Waals surface area contributed by atoms with E-state index in [1.807, 2.05) is 30.3 Å². The maximum Gasteiger partial charge on any atom is 0.184 e. The molecule has 0 amide bonds. The maximum absolute atomic E-state index is 6.09. The number of hydrazone groups is 1. The zero-order valence-corrected chi connectivity index (χ0v) is 13.8. The molecule has 0 heterocycles. The molecule has 2 aromatic rings. The Morgan fingerprint density at radius 3 is 2.59 bits per heavy atom. The second-order valence-corrected chi connectivity index (χ2v) is 5.61. The van der Waals surface area contributed by atoms with Gasteiger partial charge in [-0.1, -0.05) is 29.3 Å². The third-order valence-electron chi connectivity index (χ3n) is 2.68. The highest BCUT2D eigenvalue weighted by Gasteiger charge is 2.02. The maximum atomic E-state index is 6.09. The van der Waals surface area contributed by atoms with E-state index < -0.39 is 0 Å². The number of halogens is 2. The molecule has 0 aliphatic carbocycles. The van der Waals surface area contributed by atoms with Gasteiger partial charge < -0.3 is 10.5 Å². The first kappa shape index (κ1) is 16.5. The van der Waals surface area contributed by atoms with Crippen LogP contribution in [0, 0.1) is 0 Å². The molecule has 22 heavy (non-hydrogen) atoms. The molecule has 0 radical (unpaired) electrons. The van der Waals surface area contributed by atoms with Crippen LogP contribution in [0.5, 0.6) is 5.75 Å². The Morgan fingerprint density at radius 1 is 1.23 bits per heavy atom. The van der Waals surface area contributed by atoms with Gasteiger partial charge in [-0.25, -0.2) is 0 Å². The number of nitrogens with two attached hydrogens (primary N) is 1. The van der Waals surface area contributed by atoms with Gasteiger partial charge in [0.15, 0.2) is 5.11 Å². The Labute approximate surface area is 143 Å². The lowest BCUT2D eigenvalue weighted by Crippen LogP contribution is -2.23. The Hall–Kier alpha value is -1.82. The number of ether oxygens (including phenoxy) is 1. The smallest absolute Gasteiger partial charge is 0.184 e. The highest BCUT2D eigenvalue weighted by Crippen LogP contribution is 2.22. The van der Waals surface area contributed by atoms with Crippen molar-refractivity contribution in [1.29, 1.82) is 0 Å². The van der Waals surface area contributed by atoms with Gasteiger partial charge in [-0.3, -0.25) is 5.43 Å². The average molecular weight is 354 g/mol.